The van der Waals surface area contributed by atoms with Crippen molar-refractivity contribution in [2.24, 2.45) is 0 Å². The number of hydrogen-bond acceptors (Lipinski definition) is 3. The van der Waals surface area contributed by atoms with Gasteiger partial charge in [-0.3, -0.25) is 10.1 Å². The minimum absolute atomic E-state index is 0.405. The number of aromatic amines is 1. The molecule has 0 saturated heterocycles. The monoisotopic (exact) mass is 342 g/mol. The second-order valence-electron chi connectivity index (χ2n) is 6.15. The normalized spacial score (nSPS) is 19.6. The van der Waals surface area contributed by atoms with E-state index in [2.05, 4.69) is 10.3 Å². The van der Waals surface area contributed by atoms with Crippen LogP contribution in [0, 0.1) is 11.6 Å². The van der Waals surface area contributed by atoms with Gasteiger partial charge in [0.25, 0.3) is 0 Å². The van der Waals surface area contributed by atoms with E-state index in [0.29, 0.717) is 12.0 Å². The highest BCUT2D eigenvalue weighted by molar-refractivity contribution is 5.87. The van der Waals surface area contributed by atoms with E-state index in [4.69, 9.17) is 4.74 Å². The van der Waals surface area contributed by atoms with Crippen LogP contribution < -0.4 is 5.32 Å². The number of esters is 1. The van der Waals surface area contributed by atoms with Crippen LogP contribution in [0.25, 0.3) is 10.9 Å². The van der Waals surface area contributed by atoms with Crippen molar-refractivity contribution in [3.8, 4) is 0 Å². The lowest BCUT2D eigenvalue weighted by molar-refractivity contribution is -0.143. The number of ether oxygens (including phenoxy) is 1. The van der Waals surface area contributed by atoms with E-state index in [1.54, 1.807) is 0 Å². The average Bonchev–Trinajstić information content (AvgIpc) is 2.98. The maximum atomic E-state index is 13.7. The average molecular weight is 342 g/mol. The fraction of sp³-hybridized carbons (Fsp3) is 0.211. The zero-order valence-corrected chi connectivity index (χ0v) is 13.5. The Morgan fingerprint density at radius 2 is 1.88 bits per heavy atom. The van der Waals surface area contributed by atoms with Gasteiger partial charge in [0.2, 0.25) is 0 Å². The Morgan fingerprint density at radius 1 is 1.16 bits per heavy atom. The van der Waals surface area contributed by atoms with E-state index >= 15 is 0 Å². The predicted molar refractivity (Wildman–Crippen MR) is 89.1 cm³/mol. The molecule has 3 aromatic rings. The van der Waals surface area contributed by atoms with Crippen LogP contribution in [-0.4, -0.2) is 24.1 Å². The third kappa shape index (κ3) is 2.68. The molecule has 2 N–H and O–H groups in total. The lowest BCUT2D eigenvalue weighted by atomic mass is 9.90. The molecule has 1 aromatic heterocycles. The van der Waals surface area contributed by atoms with Crippen molar-refractivity contribution in [2.45, 2.75) is 18.5 Å². The first kappa shape index (κ1) is 15.8. The van der Waals surface area contributed by atoms with Crippen LogP contribution in [0.15, 0.2) is 42.5 Å². The number of benzene rings is 2. The number of methoxy groups -OCH3 is 1. The molecule has 128 valence electrons. The third-order valence-corrected chi connectivity index (χ3v) is 4.62. The van der Waals surface area contributed by atoms with Gasteiger partial charge in [-0.05, 0) is 29.3 Å². The minimum atomic E-state index is -0.658. The Morgan fingerprint density at radius 3 is 2.60 bits per heavy atom. The van der Waals surface area contributed by atoms with E-state index < -0.39 is 29.7 Å². The number of rotatable bonds is 2. The molecule has 0 spiro atoms. The van der Waals surface area contributed by atoms with Crippen LogP contribution in [0.1, 0.15) is 22.9 Å². The summed E-state index contributed by atoms with van der Waals surface area (Å²) in [6.07, 6.45) is 0.445. The van der Waals surface area contributed by atoms with Gasteiger partial charge < -0.3 is 9.72 Å². The summed E-state index contributed by atoms with van der Waals surface area (Å²) in [6.45, 7) is 0. The quantitative estimate of drug-likeness (QED) is 0.703. The van der Waals surface area contributed by atoms with Crippen molar-refractivity contribution in [1.82, 2.24) is 10.3 Å². The topological polar surface area (TPSA) is 54.1 Å². The number of fused-ring (bicyclic) bond motifs is 3. The summed E-state index contributed by atoms with van der Waals surface area (Å²) in [4.78, 5) is 15.4. The van der Waals surface area contributed by atoms with E-state index in [1.165, 1.54) is 19.2 Å². The van der Waals surface area contributed by atoms with Crippen LogP contribution in [0.2, 0.25) is 0 Å². The summed E-state index contributed by atoms with van der Waals surface area (Å²) in [6, 6.07) is 9.98. The van der Waals surface area contributed by atoms with E-state index in [9.17, 15) is 13.6 Å². The third-order valence-electron chi connectivity index (χ3n) is 4.62. The van der Waals surface area contributed by atoms with Crippen LogP contribution in [0.5, 0.6) is 0 Å². The zero-order valence-electron chi connectivity index (χ0n) is 13.5. The van der Waals surface area contributed by atoms with Gasteiger partial charge in [-0.2, -0.15) is 0 Å². The zero-order chi connectivity index (χ0) is 17.6. The highest BCUT2D eigenvalue weighted by Gasteiger charge is 2.34. The Bertz CT molecular complexity index is 947. The number of aromatic nitrogens is 1. The van der Waals surface area contributed by atoms with Gasteiger partial charge in [-0.1, -0.05) is 18.2 Å². The van der Waals surface area contributed by atoms with Crippen molar-refractivity contribution < 1.29 is 18.3 Å². The molecule has 2 heterocycles. The molecule has 0 saturated carbocycles. The number of nitrogens with one attached hydrogen (secondary N) is 2. The highest BCUT2D eigenvalue weighted by atomic mass is 19.1. The van der Waals surface area contributed by atoms with Gasteiger partial charge in [0, 0.05) is 29.1 Å². The lowest BCUT2D eigenvalue weighted by Crippen LogP contribution is -2.45. The molecule has 4 rings (SSSR count). The van der Waals surface area contributed by atoms with Gasteiger partial charge >= 0.3 is 5.97 Å². The van der Waals surface area contributed by atoms with Crippen molar-refractivity contribution in [3.05, 3.63) is 70.9 Å². The summed E-state index contributed by atoms with van der Waals surface area (Å²) < 4.78 is 32.3. The number of H-pyrrole nitrogens is 1. The molecule has 0 radical (unpaired) electrons. The Kier molecular flexibility index (Phi) is 3.77. The minimum Gasteiger partial charge on any atom is -0.468 e. The molecule has 4 nitrogen and oxygen atoms in total. The summed E-state index contributed by atoms with van der Waals surface area (Å²) in [7, 11) is 1.33. The maximum Gasteiger partial charge on any atom is 0.323 e. The molecule has 0 amide bonds. The van der Waals surface area contributed by atoms with Crippen LogP contribution >= 0.6 is 0 Å². The molecule has 2 atom stereocenters. The van der Waals surface area contributed by atoms with Gasteiger partial charge in [0.15, 0.2) is 0 Å². The lowest BCUT2D eigenvalue weighted by Gasteiger charge is -2.30. The van der Waals surface area contributed by atoms with Crippen molar-refractivity contribution in [1.29, 1.82) is 0 Å². The highest BCUT2D eigenvalue weighted by Crippen LogP contribution is 2.35. The van der Waals surface area contributed by atoms with Gasteiger partial charge in [0.1, 0.15) is 17.7 Å². The Labute approximate surface area is 142 Å². The summed E-state index contributed by atoms with van der Waals surface area (Å²) in [5.74, 6) is -1.72. The second-order valence-corrected chi connectivity index (χ2v) is 6.15. The summed E-state index contributed by atoms with van der Waals surface area (Å²) >= 11 is 0. The molecule has 25 heavy (non-hydrogen) atoms. The summed E-state index contributed by atoms with van der Waals surface area (Å²) in [5, 5.41) is 4.15. The first-order valence-corrected chi connectivity index (χ1v) is 7.96. The first-order valence-electron chi connectivity index (χ1n) is 7.96. The number of para-hydroxylation sites is 1. The fourth-order valence-electron chi connectivity index (χ4n) is 3.53. The number of hydrogen-bond donors (Lipinski definition) is 2. The maximum absolute atomic E-state index is 13.7. The fourth-order valence-corrected chi connectivity index (χ4v) is 3.53. The molecule has 1 aliphatic heterocycles. The van der Waals surface area contributed by atoms with E-state index in [1.807, 2.05) is 24.3 Å². The number of carbonyl (C=O) groups excluding carboxylic acids is 1. The van der Waals surface area contributed by atoms with Crippen molar-refractivity contribution >= 4 is 16.9 Å². The van der Waals surface area contributed by atoms with Crippen LogP contribution in [0.3, 0.4) is 0 Å². The predicted octanol–water partition coefficient (Wildman–Crippen LogP) is 3.22. The molecule has 2 aromatic carbocycles. The van der Waals surface area contributed by atoms with E-state index in [-0.39, 0.29) is 0 Å². The van der Waals surface area contributed by atoms with Crippen molar-refractivity contribution in [3.63, 3.8) is 0 Å². The molecular formula is C19H16F2N2O2. The molecule has 1 aliphatic rings. The van der Waals surface area contributed by atoms with Gasteiger partial charge in [-0.25, -0.2) is 8.78 Å². The molecule has 0 bridgehead atoms. The SMILES string of the molecule is COC(=O)[C@@H]1Cc2c([nH]c3ccccc23)[C@@H](c2cc(F)cc(F)c2)N1. The van der Waals surface area contributed by atoms with Crippen LogP contribution in [0.4, 0.5) is 8.78 Å². The smallest absolute Gasteiger partial charge is 0.323 e. The Hall–Kier alpha value is -2.73. The molecule has 0 unspecified atom stereocenters. The molecule has 6 heteroatoms. The Balaban J connectivity index is 1.90. The summed E-state index contributed by atoms with van der Waals surface area (Å²) in [5.41, 5.74) is 3.10. The van der Waals surface area contributed by atoms with Gasteiger partial charge in [-0.15, -0.1) is 0 Å². The van der Waals surface area contributed by atoms with Crippen molar-refractivity contribution in [2.75, 3.05) is 7.11 Å². The van der Waals surface area contributed by atoms with Gasteiger partial charge in [0.05, 0.1) is 13.2 Å². The molecule has 0 aliphatic carbocycles. The largest absolute Gasteiger partial charge is 0.468 e. The van der Waals surface area contributed by atoms with Crippen LogP contribution in [-0.2, 0) is 16.0 Å². The second kappa shape index (κ2) is 5.97. The first-order chi connectivity index (χ1) is 12.1. The number of halogens is 2. The molecular weight excluding hydrogens is 326 g/mol. The standard InChI is InChI=1S/C19H16F2N2O2/c1-25-19(24)16-9-14-13-4-2-3-5-15(13)22-18(14)17(23-16)10-6-11(20)8-12(21)7-10/h2-8,16-17,22-23H,9H2,1H3/t16-,17+/m0/s1. The number of carbonyl (C=O) groups is 1. The van der Waals surface area contributed by atoms with E-state index in [0.717, 1.165) is 28.2 Å². The molecule has 0 fully saturated rings.